The fraction of sp³-hybridized carbons (Fsp3) is 1.00. The molecule has 0 aromatic carbocycles. The number of aliphatic hydroxyl groups is 2. The second-order valence-electron chi connectivity index (χ2n) is 4.39. The van der Waals surface area contributed by atoms with Gasteiger partial charge in [-0.1, -0.05) is 5.18 Å². The van der Waals surface area contributed by atoms with Gasteiger partial charge in [0.05, 0.1) is 18.8 Å². The lowest BCUT2D eigenvalue weighted by Gasteiger charge is -2.33. The summed E-state index contributed by atoms with van der Waals surface area (Å²) in [5, 5.41) is 22.0. The molecular weight excluding hydrogens is 197 g/mol. The summed E-state index contributed by atoms with van der Waals surface area (Å²) in [5.41, 5.74) is -0.783. The molecule has 1 spiro atoms. The van der Waals surface area contributed by atoms with Gasteiger partial charge in [-0.25, -0.2) is 0 Å². The first-order valence-corrected chi connectivity index (χ1v) is 5.17. The Morgan fingerprint density at radius 3 is 2.80 bits per heavy atom. The van der Waals surface area contributed by atoms with Gasteiger partial charge in [0.25, 0.3) is 0 Å². The van der Waals surface area contributed by atoms with Gasteiger partial charge >= 0.3 is 0 Å². The molecule has 0 bridgehead atoms. The molecule has 5 nitrogen and oxygen atoms in total. The number of nitroso groups, excluding NO2 is 1. The van der Waals surface area contributed by atoms with Crippen LogP contribution in [0, 0.1) is 10.3 Å². The molecule has 1 saturated carbocycles. The number of rotatable bonds is 2. The predicted molar refractivity (Wildman–Crippen MR) is 53.4 cm³/mol. The predicted octanol–water partition coefficient (Wildman–Crippen LogP) is -0.462. The van der Waals surface area contributed by atoms with E-state index in [1.165, 1.54) is 0 Å². The molecule has 2 radical (unpaired) electrons. The van der Waals surface area contributed by atoms with Gasteiger partial charge in [0.2, 0.25) is 0 Å². The minimum absolute atomic E-state index is 0.145. The van der Waals surface area contributed by atoms with Crippen molar-refractivity contribution in [3.63, 3.8) is 0 Å². The van der Waals surface area contributed by atoms with Crippen molar-refractivity contribution >= 4 is 7.85 Å². The molecule has 82 valence electrons. The fourth-order valence-electron chi connectivity index (χ4n) is 2.88. The van der Waals surface area contributed by atoms with Crippen LogP contribution in [0.2, 0.25) is 0 Å². The van der Waals surface area contributed by atoms with Crippen LogP contribution >= 0.6 is 0 Å². The van der Waals surface area contributed by atoms with E-state index in [-0.39, 0.29) is 6.61 Å². The lowest BCUT2D eigenvalue weighted by Crippen LogP contribution is -2.45. The van der Waals surface area contributed by atoms with Gasteiger partial charge in [-0.3, -0.25) is 0 Å². The second kappa shape index (κ2) is 3.85. The summed E-state index contributed by atoms with van der Waals surface area (Å²) in [6.07, 6.45) is 0.414. The maximum absolute atomic E-state index is 10.7. The van der Waals surface area contributed by atoms with Crippen molar-refractivity contribution in [3.8, 4) is 0 Å². The maximum Gasteiger partial charge on any atom is 0.110 e. The van der Waals surface area contributed by atoms with E-state index in [9.17, 15) is 10.0 Å². The summed E-state index contributed by atoms with van der Waals surface area (Å²) in [6.45, 7) is -0.145. The Bertz CT molecular complexity index is 264. The largest absolute Gasteiger partial charge is 0.394 e. The Morgan fingerprint density at radius 1 is 1.53 bits per heavy atom. The van der Waals surface area contributed by atoms with Crippen LogP contribution < -0.4 is 0 Å². The summed E-state index contributed by atoms with van der Waals surface area (Å²) in [6, 6.07) is -1.21. The lowest BCUT2D eigenvalue weighted by atomic mass is 9.67. The van der Waals surface area contributed by atoms with Gasteiger partial charge in [-0.05, 0) is 19.3 Å². The minimum atomic E-state index is -0.783. The van der Waals surface area contributed by atoms with Gasteiger partial charge in [-0.2, -0.15) is 4.91 Å². The molecule has 6 heteroatoms. The molecule has 2 aliphatic rings. The summed E-state index contributed by atoms with van der Waals surface area (Å²) < 4.78 is 5.32. The maximum atomic E-state index is 10.7. The Kier molecular flexibility index (Phi) is 2.83. The van der Waals surface area contributed by atoms with Crippen LogP contribution in [-0.2, 0) is 4.74 Å². The van der Waals surface area contributed by atoms with Crippen LogP contribution in [0.5, 0.6) is 0 Å². The SMILES string of the molecule is [B]C1OC(CO)CC12C(O)CCC2N=O. The van der Waals surface area contributed by atoms with Crippen LogP contribution in [0.15, 0.2) is 5.18 Å². The molecule has 2 fully saturated rings. The molecule has 5 atom stereocenters. The summed E-state index contributed by atoms with van der Waals surface area (Å²) in [4.78, 5) is 10.7. The molecule has 0 amide bonds. The zero-order chi connectivity index (χ0) is 11.1. The molecule has 1 aliphatic carbocycles. The number of hydrogen-bond donors (Lipinski definition) is 2. The number of nitrogens with zero attached hydrogens (tertiary/aromatic N) is 1. The highest BCUT2D eigenvalue weighted by molar-refractivity contribution is 6.12. The van der Waals surface area contributed by atoms with Crippen LogP contribution in [-0.4, -0.2) is 48.9 Å². The van der Waals surface area contributed by atoms with Gasteiger partial charge < -0.3 is 14.9 Å². The van der Waals surface area contributed by atoms with E-state index in [0.717, 1.165) is 0 Å². The van der Waals surface area contributed by atoms with Gasteiger partial charge in [0, 0.05) is 11.4 Å². The highest BCUT2D eigenvalue weighted by Gasteiger charge is 2.59. The first-order valence-electron chi connectivity index (χ1n) is 5.17. The Morgan fingerprint density at radius 2 is 2.27 bits per heavy atom. The first-order chi connectivity index (χ1) is 7.15. The van der Waals surface area contributed by atoms with Crippen LogP contribution in [0.1, 0.15) is 19.3 Å². The fourth-order valence-corrected chi connectivity index (χ4v) is 2.88. The molecule has 1 aliphatic heterocycles. The molecule has 2 rings (SSSR count). The van der Waals surface area contributed by atoms with Crippen molar-refractivity contribution in [1.29, 1.82) is 0 Å². The average Bonchev–Trinajstić information content (AvgIpc) is 2.73. The lowest BCUT2D eigenvalue weighted by molar-refractivity contribution is -0.00235. The smallest absolute Gasteiger partial charge is 0.110 e. The number of aliphatic hydroxyl groups excluding tert-OH is 2. The molecular formula is C9H14BNO4. The third-order valence-corrected chi connectivity index (χ3v) is 3.74. The summed E-state index contributed by atoms with van der Waals surface area (Å²) in [5.74, 6) is 0. The van der Waals surface area contributed by atoms with E-state index in [4.69, 9.17) is 17.7 Å². The van der Waals surface area contributed by atoms with Crippen LogP contribution in [0.4, 0.5) is 0 Å². The average molecular weight is 211 g/mol. The van der Waals surface area contributed by atoms with Crippen LogP contribution in [0.25, 0.3) is 0 Å². The van der Waals surface area contributed by atoms with Gasteiger partial charge in [0.1, 0.15) is 13.9 Å². The van der Waals surface area contributed by atoms with Gasteiger partial charge in [-0.15, -0.1) is 0 Å². The molecule has 0 aromatic heterocycles. The summed E-state index contributed by atoms with van der Waals surface area (Å²) in [7, 11) is 5.81. The van der Waals surface area contributed by atoms with Crippen molar-refractivity contribution in [2.45, 2.75) is 43.5 Å². The molecule has 5 unspecified atom stereocenters. The highest BCUT2D eigenvalue weighted by Crippen LogP contribution is 2.51. The van der Waals surface area contributed by atoms with Crippen molar-refractivity contribution < 1.29 is 14.9 Å². The highest BCUT2D eigenvalue weighted by atomic mass is 16.5. The first kappa shape index (κ1) is 11.0. The third-order valence-electron chi connectivity index (χ3n) is 3.74. The Labute approximate surface area is 89.2 Å². The number of ether oxygens (including phenoxy) is 1. The second-order valence-corrected chi connectivity index (χ2v) is 4.39. The molecule has 0 aromatic rings. The third kappa shape index (κ3) is 1.43. The molecule has 1 saturated heterocycles. The monoisotopic (exact) mass is 211 g/mol. The van der Waals surface area contributed by atoms with Crippen molar-refractivity contribution in [1.82, 2.24) is 0 Å². The van der Waals surface area contributed by atoms with Crippen LogP contribution in [0.3, 0.4) is 0 Å². The number of hydrogen-bond acceptors (Lipinski definition) is 5. The van der Waals surface area contributed by atoms with Crippen molar-refractivity contribution in [3.05, 3.63) is 4.91 Å². The molecule has 15 heavy (non-hydrogen) atoms. The van der Waals surface area contributed by atoms with Gasteiger partial charge in [0.15, 0.2) is 0 Å². The quantitative estimate of drug-likeness (QED) is 0.478. The van der Waals surface area contributed by atoms with E-state index >= 15 is 0 Å². The Balaban J connectivity index is 2.26. The zero-order valence-corrected chi connectivity index (χ0v) is 8.37. The zero-order valence-electron chi connectivity index (χ0n) is 8.37. The molecule has 1 heterocycles. The van der Waals surface area contributed by atoms with Crippen molar-refractivity contribution in [2.75, 3.05) is 6.61 Å². The van der Waals surface area contributed by atoms with E-state index in [2.05, 4.69) is 5.18 Å². The van der Waals surface area contributed by atoms with E-state index in [1.807, 2.05) is 0 Å². The Hall–Kier alpha value is -0.455. The standard InChI is InChI=1S/C9H14BNO4/c10-8-9(3-5(4-12)15-8)6(11-14)1-2-7(9)13/h5-8,12-13H,1-4H2. The van der Waals surface area contributed by atoms with Crippen molar-refractivity contribution in [2.24, 2.45) is 10.6 Å². The summed E-state index contributed by atoms with van der Waals surface area (Å²) >= 11 is 0. The van der Waals surface area contributed by atoms with E-state index < -0.39 is 29.7 Å². The normalized spacial score (nSPS) is 50.0. The minimum Gasteiger partial charge on any atom is -0.394 e. The van der Waals surface area contributed by atoms with E-state index in [1.54, 1.807) is 0 Å². The van der Waals surface area contributed by atoms with E-state index in [0.29, 0.717) is 19.3 Å². The topological polar surface area (TPSA) is 79.1 Å². The molecule has 2 N–H and O–H groups in total.